The molecule has 3 nitrogen and oxygen atoms in total. The molecule has 2 rings (SSSR count). The highest BCUT2D eigenvalue weighted by molar-refractivity contribution is 5.30. The third-order valence-corrected chi connectivity index (χ3v) is 4.11. The lowest BCUT2D eigenvalue weighted by Gasteiger charge is -2.21. The van der Waals surface area contributed by atoms with Crippen molar-refractivity contribution in [1.82, 2.24) is 0 Å². The van der Waals surface area contributed by atoms with Crippen molar-refractivity contribution in [3.05, 3.63) is 65.2 Å². The van der Waals surface area contributed by atoms with E-state index in [0.717, 1.165) is 16.9 Å². The molecule has 2 aromatic carbocycles. The van der Waals surface area contributed by atoms with Gasteiger partial charge in [-0.2, -0.15) is 0 Å². The van der Waals surface area contributed by atoms with Crippen molar-refractivity contribution < 1.29 is 14.9 Å². The Balaban J connectivity index is 2.04. The van der Waals surface area contributed by atoms with E-state index >= 15 is 0 Å². The fourth-order valence-electron chi connectivity index (χ4n) is 2.51. The number of hydrogen-bond acceptors (Lipinski definition) is 3. The Hall–Kier alpha value is -1.84. The van der Waals surface area contributed by atoms with E-state index in [4.69, 9.17) is 4.74 Å². The molecule has 0 heterocycles. The average molecular weight is 314 g/mol. The van der Waals surface area contributed by atoms with Gasteiger partial charge in [0, 0.05) is 6.42 Å². The Labute approximate surface area is 138 Å². The lowest BCUT2D eigenvalue weighted by Crippen LogP contribution is -2.11. The summed E-state index contributed by atoms with van der Waals surface area (Å²) in [6, 6.07) is 15.2. The van der Waals surface area contributed by atoms with Crippen LogP contribution in [0.4, 0.5) is 0 Å². The largest absolute Gasteiger partial charge is 0.497 e. The van der Waals surface area contributed by atoms with Crippen molar-refractivity contribution in [2.24, 2.45) is 0 Å². The first-order chi connectivity index (χ1) is 10.8. The Bertz CT molecular complexity index is 609. The molecule has 23 heavy (non-hydrogen) atoms. The molecule has 0 bridgehead atoms. The minimum atomic E-state index is -0.710. The Kier molecular flexibility index (Phi) is 5.45. The van der Waals surface area contributed by atoms with Crippen LogP contribution in [0, 0.1) is 0 Å². The van der Waals surface area contributed by atoms with Gasteiger partial charge in [-0.3, -0.25) is 0 Å². The van der Waals surface area contributed by atoms with E-state index in [1.165, 1.54) is 5.56 Å². The molecule has 2 N–H and O–H groups in total. The van der Waals surface area contributed by atoms with E-state index in [1.54, 1.807) is 7.11 Å². The molecule has 2 atom stereocenters. The van der Waals surface area contributed by atoms with Crippen molar-refractivity contribution in [2.75, 3.05) is 7.11 Å². The second-order valence-electron chi connectivity index (χ2n) is 6.91. The minimum Gasteiger partial charge on any atom is -0.497 e. The van der Waals surface area contributed by atoms with Gasteiger partial charge < -0.3 is 14.9 Å². The summed E-state index contributed by atoms with van der Waals surface area (Å²) in [7, 11) is 1.61. The zero-order valence-corrected chi connectivity index (χ0v) is 14.3. The zero-order valence-electron chi connectivity index (χ0n) is 14.3. The van der Waals surface area contributed by atoms with E-state index in [1.807, 2.05) is 48.5 Å². The summed E-state index contributed by atoms with van der Waals surface area (Å²) in [6.07, 6.45) is -1.14. The van der Waals surface area contributed by atoms with Gasteiger partial charge in [0.25, 0.3) is 0 Å². The topological polar surface area (TPSA) is 49.7 Å². The Morgan fingerprint density at radius 3 is 1.65 bits per heavy atom. The number of methoxy groups -OCH3 is 1. The van der Waals surface area contributed by atoms with Gasteiger partial charge in [0.05, 0.1) is 19.3 Å². The van der Waals surface area contributed by atoms with Gasteiger partial charge in [-0.05, 0) is 34.2 Å². The summed E-state index contributed by atoms with van der Waals surface area (Å²) >= 11 is 0. The van der Waals surface area contributed by atoms with Crippen LogP contribution in [-0.4, -0.2) is 17.3 Å². The van der Waals surface area contributed by atoms with Gasteiger partial charge in [-0.1, -0.05) is 57.2 Å². The quantitative estimate of drug-likeness (QED) is 0.871. The Morgan fingerprint density at radius 2 is 1.26 bits per heavy atom. The maximum atomic E-state index is 10.4. The van der Waals surface area contributed by atoms with Crippen LogP contribution in [0.15, 0.2) is 48.5 Å². The smallest absolute Gasteiger partial charge is 0.118 e. The second kappa shape index (κ2) is 7.16. The molecule has 0 aliphatic carbocycles. The molecule has 124 valence electrons. The number of ether oxygens (including phenoxy) is 1. The summed E-state index contributed by atoms with van der Waals surface area (Å²) in [4.78, 5) is 0. The van der Waals surface area contributed by atoms with Gasteiger partial charge in [0.1, 0.15) is 5.75 Å². The first kappa shape index (κ1) is 17.5. The fraction of sp³-hybridized carbons (Fsp3) is 0.400. The molecule has 0 aliphatic rings. The van der Waals surface area contributed by atoms with Gasteiger partial charge in [-0.15, -0.1) is 0 Å². The maximum absolute atomic E-state index is 10.4. The molecule has 0 amide bonds. The number of aliphatic hydroxyl groups excluding tert-OH is 2. The van der Waals surface area contributed by atoms with Gasteiger partial charge in [-0.25, -0.2) is 0 Å². The first-order valence-corrected chi connectivity index (χ1v) is 7.92. The molecule has 0 saturated carbocycles. The fourth-order valence-corrected chi connectivity index (χ4v) is 2.51. The van der Waals surface area contributed by atoms with Crippen LogP contribution in [-0.2, 0) is 5.41 Å². The molecule has 3 heteroatoms. The molecule has 0 radical (unpaired) electrons. The lowest BCUT2D eigenvalue weighted by atomic mass is 9.86. The van der Waals surface area contributed by atoms with E-state index in [9.17, 15) is 10.2 Å². The normalized spacial score (nSPS) is 14.3. The van der Waals surface area contributed by atoms with Crippen LogP contribution in [0.2, 0.25) is 0 Å². The lowest BCUT2D eigenvalue weighted by molar-refractivity contribution is 0.0804. The number of hydrogen-bond donors (Lipinski definition) is 2. The first-order valence-electron chi connectivity index (χ1n) is 7.92. The van der Waals surface area contributed by atoms with E-state index in [0.29, 0.717) is 0 Å². The van der Waals surface area contributed by atoms with Crippen molar-refractivity contribution >= 4 is 0 Å². The summed E-state index contributed by atoms with van der Waals surface area (Å²) in [6.45, 7) is 6.48. The Morgan fingerprint density at radius 1 is 0.826 bits per heavy atom. The molecule has 0 aliphatic heterocycles. The zero-order chi connectivity index (χ0) is 17.0. The minimum absolute atomic E-state index is 0.0894. The van der Waals surface area contributed by atoms with Gasteiger partial charge >= 0.3 is 0 Å². The van der Waals surface area contributed by atoms with Crippen LogP contribution in [0.3, 0.4) is 0 Å². The molecule has 0 fully saturated rings. The molecule has 0 saturated heterocycles. The van der Waals surface area contributed by atoms with E-state index in [2.05, 4.69) is 20.8 Å². The highest BCUT2D eigenvalue weighted by atomic mass is 16.5. The molecular weight excluding hydrogens is 288 g/mol. The van der Waals surface area contributed by atoms with Crippen molar-refractivity contribution in [3.8, 4) is 5.75 Å². The second-order valence-corrected chi connectivity index (χ2v) is 6.91. The monoisotopic (exact) mass is 314 g/mol. The number of rotatable bonds is 5. The highest BCUT2D eigenvalue weighted by Crippen LogP contribution is 2.29. The predicted molar refractivity (Wildman–Crippen MR) is 92.7 cm³/mol. The predicted octanol–water partition coefficient (Wildman–Crippen LogP) is 4.15. The van der Waals surface area contributed by atoms with Gasteiger partial charge in [0.15, 0.2) is 0 Å². The summed E-state index contributed by atoms with van der Waals surface area (Å²) in [5.41, 5.74) is 2.91. The maximum Gasteiger partial charge on any atom is 0.118 e. The van der Waals surface area contributed by atoms with E-state index < -0.39 is 12.2 Å². The summed E-state index contributed by atoms with van der Waals surface area (Å²) < 4.78 is 5.11. The molecule has 0 spiro atoms. The van der Waals surface area contributed by atoms with Crippen LogP contribution < -0.4 is 4.74 Å². The molecular formula is C20H26O3. The third-order valence-electron chi connectivity index (χ3n) is 4.11. The van der Waals surface area contributed by atoms with Gasteiger partial charge in [0.2, 0.25) is 0 Å². The molecule has 0 unspecified atom stereocenters. The van der Waals surface area contributed by atoms with Crippen LogP contribution in [0.25, 0.3) is 0 Å². The highest BCUT2D eigenvalue weighted by Gasteiger charge is 2.17. The average Bonchev–Trinajstić information content (AvgIpc) is 2.54. The summed E-state index contributed by atoms with van der Waals surface area (Å²) in [5.74, 6) is 0.749. The third kappa shape index (κ3) is 4.57. The molecule has 0 aromatic heterocycles. The van der Waals surface area contributed by atoms with Crippen LogP contribution >= 0.6 is 0 Å². The van der Waals surface area contributed by atoms with Crippen LogP contribution in [0.5, 0.6) is 5.75 Å². The van der Waals surface area contributed by atoms with Crippen molar-refractivity contribution in [3.63, 3.8) is 0 Å². The number of aliphatic hydroxyl groups is 2. The van der Waals surface area contributed by atoms with Crippen molar-refractivity contribution in [2.45, 2.75) is 44.8 Å². The standard InChI is InChI=1S/C20H26O3/c1-20(2,3)16-9-5-14(6-10-16)18(21)13-19(22)15-7-11-17(23-4)12-8-15/h5-12,18-19,21-22H,13H2,1-4H3/t18-,19-/m0/s1. The van der Waals surface area contributed by atoms with Crippen LogP contribution in [0.1, 0.15) is 56.1 Å². The number of benzene rings is 2. The SMILES string of the molecule is COc1ccc([C@@H](O)C[C@H](O)c2ccc(C(C)(C)C)cc2)cc1. The van der Waals surface area contributed by atoms with E-state index in [-0.39, 0.29) is 11.8 Å². The summed E-state index contributed by atoms with van der Waals surface area (Å²) in [5, 5.41) is 20.7. The van der Waals surface area contributed by atoms with Crippen molar-refractivity contribution in [1.29, 1.82) is 0 Å². The molecule has 2 aromatic rings.